The summed E-state index contributed by atoms with van der Waals surface area (Å²) in [4.78, 5) is 12.2. The van der Waals surface area contributed by atoms with E-state index in [1.807, 2.05) is 6.92 Å². The molecule has 1 atom stereocenters. The predicted molar refractivity (Wildman–Crippen MR) is 69.6 cm³/mol. The van der Waals surface area contributed by atoms with Gasteiger partial charge in [0.15, 0.2) is 0 Å². The summed E-state index contributed by atoms with van der Waals surface area (Å²) >= 11 is 3.97. The summed E-state index contributed by atoms with van der Waals surface area (Å²) in [6, 6.07) is 4.13. The molecule has 1 fully saturated rings. The summed E-state index contributed by atoms with van der Waals surface area (Å²) in [6.07, 6.45) is 1.81. The van der Waals surface area contributed by atoms with Crippen molar-refractivity contribution in [2.75, 3.05) is 13.2 Å². The van der Waals surface area contributed by atoms with Crippen LogP contribution in [0.5, 0.6) is 0 Å². The number of thiol groups is 1. The number of carbonyl (C=O) groups excluding carboxylic acids is 1. The third-order valence-corrected chi connectivity index (χ3v) is 3.40. The number of nitrogens with one attached hydrogen (secondary N) is 1. The molecule has 1 N–H and O–H groups in total. The molecule has 98 valence electrons. The molecule has 0 aliphatic carbocycles. The predicted octanol–water partition coefficient (Wildman–Crippen LogP) is 2.41. The zero-order valence-electron chi connectivity index (χ0n) is 10.2. The van der Waals surface area contributed by atoms with Crippen LogP contribution in [-0.4, -0.2) is 24.7 Å². The van der Waals surface area contributed by atoms with E-state index >= 15 is 0 Å². The first-order valence-corrected chi connectivity index (χ1v) is 6.34. The van der Waals surface area contributed by atoms with E-state index in [0.29, 0.717) is 12.2 Å². The standard InChI is InChI=1S/C13H16FNO2S/c1-13(5-2-6-17-8-13)15-12(16)9-3-4-10(14)11(18)7-9/h3-4,7,18H,2,5-6,8H2,1H3,(H,15,16). The fourth-order valence-electron chi connectivity index (χ4n) is 2.03. The number of amides is 1. The molecule has 0 aromatic heterocycles. The maximum atomic E-state index is 13.1. The molecule has 1 aliphatic rings. The molecule has 0 radical (unpaired) electrons. The van der Waals surface area contributed by atoms with Crippen LogP contribution >= 0.6 is 12.6 Å². The molecule has 0 saturated carbocycles. The molecule has 2 rings (SSSR count). The Hall–Kier alpha value is -1.07. The highest BCUT2D eigenvalue weighted by Gasteiger charge is 2.29. The lowest BCUT2D eigenvalue weighted by atomic mass is 9.94. The minimum absolute atomic E-state index is 0.174. The SMILES string of the molecule is CC1(NC(=O)c2ccc(F)c(S)c2)CCCOC1. The van der Waals surface area contributed by atoms with Gasteiger partial charge in [-0.1, -0.05) is 0 Å². The fourth-order valence-corrected chi connectivity index (χ4v) is 2.25. The highest BCUT2D eigenvalue weighted by molar-refractivity contribution is 7.80. The van der Waals surface area contributed by atoms with Crippen molar-refractivity contribution in [1.29, 1.82) is 0 Å². The van der Waals surface area contributed by atoms with E-state index in [2.05, 4.69) is 17.9 Å². The lowest BCUT2D eigenvalue weighted by Gasteiger charge is -2.34. The average molecular weight is 269 g/mol. The zero-order chi connectivity index (χ0) is 13.2. The Morgan fingerprint density at radius 3 is 2.94 bits per heavy atom. The Labute approximate surface area is 111 Å². The van der Waals surface area contributed by atoms with Crippen LogP contribution in [0, 0.1) is 5.82 Å². The summed E-state index contributed by atoms with van der Waals surface area (Å²) in [5.74, 6) is -0.652. The Bertz CT molecular complexity index is 458. The van der Waals surface area contributed by atoms with Gasteiger partial charge in [0.25, 0.3) is 5.91 Å². The fraction of sp³-hybridized carbons (Fsp3) is 0.462. The van der Waals surface area contributed by atoms with Crippen molar-refractivity contribution < 1.29 is 13.9 Å². The molecule has 1 aromatic rings. The van der Waals surface area contributed by atoms with Crippen molar-refractivity contribution >= 4 is 18.5 Å². The van der Waals surface area contributed by atoms with Crippen LogP contribution in [-0.2, 0) is 4.74 Å². The first-order chi connectivity index (χ1) is 8.50. The van der Waals surface area contributed by atoms with Crippen LogP contribution in [0.15, 0.2) is 23.1 Å². The van der Waals surface area contributed by atoms with E-state index in [1.165, 1.54) is 18.2 Å². The summed E-state index contributed by atoms with van der Waals surface area (Å²) in [7, 11) is 0. The van der Waals surface area contributed by atoms with E-state index in [-0.39, 0.29) is 16.3 Å². The highest BCUT2D eigenvalue weighted by Crippen LogP contribution is 2.20. The van der Waals surface area contributed by atoms with Crippen molar-refractivity contribution in [3.63, 3.8) is 0 Å². The first kappa shape index (κ1) is 13.4. The molecule has 1 heterocycles. The van der Waals surface area contributed by atoms with E-state index in [1.54, 1.807) is 0 Å². The van der Waals surface area contributed by atoms with Gasteiger partial charge < -0.3 is 10.1 Å². The number of ether oxygens (including phenoxy) is 1. The lowest BCUT2D eigenvalue weighted by Crippen LogP contribution is -2.51. The van der Waals surface area contributed by atoms with E-state index in [4.69, 9.17) is 4.74 Å². The topological polar surface area (TPSA) is 38.3 Å². The summed E-state index contributed by atoms with van der Waals surface area (Å²) in [5.41, 5.74) is 0.0636. The molecule has 1 unspecified atom stereocenters. The van der Waals surface area contributed by atoms with Crippen molar-refractivity contribution in [3.8, 4) is 0 Å². The van der Waals surface area contributed by atoms with Crippen LogP contribution in [0.4, 0.5) is 4.39 Å². The van der Waals surface area contributed by atoms with Gasteiger partial charge in [0.2, 0.25) is 0 Å². The van der Waals surface area contributed by atoms with E-state index in [0.717, 1.165) is 19.4 Å². The molecular formula is C13H16FNO2S. The Kier molecular flexibility index (Phi) is 3.92. The van der Waals surface area contributed by atoms with Crippen molar-refractivity contribution in [2.45, 2.75) is 30.2 Å². The lowest BCUT2D eigenvalue weighted by molar-refractivity contribution is 0.0272. The van der Waals surface area contributed by atoms with Crippen LogP contribution in [0.2, 0.25) is 0 Å². The van der Waals surface area contributed by atoms with Gasteiger partial charge in [-0.25, -0.2) is 4.39 Å². The Morgan fingerprint density at radius 1 is 1.56 bits per heavy atom. The second kappa shape index (κ2) is 5.28. The molecular weight excluding hydrogens is 253 g/mol. The number of carbonyl (C=O) groups is 1. The number of halogens is 1. The van der Waals surface area contributed by atoms with E-state index in [9.17, 15) is 9.18 Å². The third kappa shape index (κ3) is 3.03. The maximum Gasteiger partial charge on any atom is 0.251 e. The summed E-state index contributed by atoms with van der Waals surface area (Å²) in [5, 5.41) is 2.94. The summed E-state index contributed by atoms with van der Waals surface area (Å²) < 4.78 is 18.4. The van der Waals surface area contributed by atoms with Gasteiger partial charge in [-0.05, 0) is 38.0 Å². The molecule has 1 amide bonds. The average Bonchev–Trinajstić information content (AvgIpc) is 2.33. The molecule has 1 saturated heterocycles. The minimum atomic E-state index is -0.429. The molecule has 0 spiro atoms. The number of hydrogen-bond donors (Lipinski definition) is 2. The zero-order valence-corrected chi connectivity index (χ0v) is 11.1. The summed E-state index contributed by atoms with van der Waals surface area (Å²) in [6.45, 7) is 3.20. The minimum Gasteiger partial charge on any atom is -0.379 e. The van der Waals surface area contributed by atoms with Gasteiger partial charge in [-0.15, -0.1) is 12.6 Å². The highest BCUT2D eigenvalue weighted by atomic mass is 32.1. The molecule has 1 aromatic carbocycles. The van der Waals surface area contributed by atoms with Gasteiger partial charge in [-0.2, -0.15) is 0 Å². The van der Waals surface area contributed by atoms with Crippen LogP contribution in [0.25, 0.3) is 0 Å². The van der Waals surface area contributed by atoms with Crippen LogP contribution in [0.3, 0.4) is 0 Å². The Balaban J connectivity index is 2.09. The third-order valence-electron chi connectivity index (χ3n) is 3.06. The van der Waals surface area contributed by atoms with Gasteiger partial charge in [-0.3, -0.25) is 4.79 Å². The molecule has 5 heteroatoms. The smallest absolute Gasteiger partial charge is 0.251 e. The Morgan fingerprint density at radius 2 is 2.33 bits per heavy atom. The van der Waals surface area contributed by atoms with Gasteiger partial charge >= 0.3 is 0 Å². The number of rotatable bonds is 2. The van der Waals surface area contributed by atoms with Crippen LogP contribution < -0.4 is 5.32 Å². The number of hydrogen-bond acceptors (Lipinski definition) is 3. The van der Waals surface area contributed by atoms with Gasteiger partial charge in [0, 0.05) is 17.1 Å². The molecule has 1 aliphatic heterocycles. The van der Waals surface area contributed by atoms with E-state index < -0.39 is 5.82 Å². The molecule has 18 heavy (non-hydrogen) atoms. The second-order valence-corrected chi connectivity index (χ2v) is 5.32. The van der Waals surface area contributed by atoms with Crippen molar-refractivity contribution in [3.05, 3.63) is 29.6 Å². The quantitative estimate of drug-likeness (QED) is 0.809. The van der Waals surface area contributed by atoms with Gasteiger partial charge in [0.1, 0.15) is 5.82 Å². The second-order valence-electron chi connectivity index (χ2n) is 4.84. The van der Waals surface area contributed by atoms with Crippen molar-refractivity contribution in [2.24, 2.45) is 0 Å². The van der Waals surface area contributed by atoms with Crippen molar-refractivity contribution in [1.82, 2.24) is 5.32 Å². The number of benzene rings is 1. The first-order valence-electron chi connectivity index (χ1n) is 5.89. The normalized spacial score (nSPS) is 23.7. The monoisotopic (exact) mass is 269 g/mol. The molecule has 0 bridgehead atoms. The maximum absolute atomic E-state index is 13.1. The molecule has 3 nitrogen and oxygen atoms in total. The van der Waals surface area contributed by atoms with Crippen LogP contribution in [0.1, 0.15) is 30.1 Å². The van der Waals surface area contributed by atoms with Gasteiger partial charge in [0.05, 0.1) is 12.1 Å². The largest absolute Gasteiger partial charge is 0.379 e.